The lowest BCUT2D eigenvalue weighted by molar-refractivity contribution is -0.149. The number of aromatic nitrogens is 2. The molecule has 13 nitrogen and oxygen atoms in total. The van der Waals surface area contributed by atoms with Gasteiger partial charge in [-0.3, -0.25) is 13.9 Å². The van der Waals surface area contributed by atoms with E-state index in [1.807, 2.05) is 18.2 Å². The molecule has 0 radical (unpaired) electrons. The van der Waals surface area contributed by atoms with Crippen LogP contribution in [-0.2, 0) is 23.4 Å². The molecule has 1 aromatic heterocycles. The molecule has 1 aliphatic rings. The van der Waals surface area contributed by atoms with Crippen molar-refractivity contribution < 1.29 is 42.5 Å². The van der Waals surface area contributed by atoms with E-state index >= 15 is 0 Å². The number of carbonyl (C=O) groups is 1. The van der Waals surface area contributed by atoms with Crippen LogP contribution in [0.3, 0.4) is 0 Å². The molecule has 6 atom stereocenters. The smallest absolute Gasteiger partial charge is 0.459 e. The van der Waals surface area contributed by atoms with Gasteiger partial charge in [-0.05, 0) is 39.1 Å². The number of nitrogens with zero attached hydrogens (tertiary/aromatic N) is 2. The minimum Gasteiger partial charge on any atom is -0.462 e. The van der Waals surface area contributed by atoms with Crippen molar-refractivity contribution >= 4 is 30.3 Å². The van der Waals surface area contributed by atoms with Crippen LogP contribution in [0.1, 0.15) is 33.9 Å². The van der Waals surface area contributed by atoms with Gasteiger partial charge in [-0.1, -0.05) is 36.4 Å². The molecule has 0 aliphatic carbocycles. The van der Waals surface area contributed by atoms with Crippen molar-refractivity contribution in [1.29, 1.82) is 0 Å². The molecule has 0 bridgehead atoms. The predicted octanol–water partition coefficient (Wildman–Crippen LogP) is 2.26. The first kappa shape index (κ1) is 30.6. The Bertz CT molecular complexity index is 1530. The number of rotatable bonds is 10. The predicted molar refractivity (Wildman–Crippen MR) is 145 cm³/mol. The monoisotopic (exact) mass is 594 g/mol. The highest BCUT2D eigenvalue weighted by atomic mass is 31.2. The Balaban J connectivity index is 1.60. The minimum absolute atomic E-state index is 0.177. The first-order valence-electron chi connectivity index (χ1n) is 12.7. The van der Waals surface area contributed by atoms with Crippen molar-refractivity contribution in [3.8, 4) is 5.75 Å². The molecule has 0 amide bonds. The van der Waals surface area contributed by atoms with Crippen LogP contribution < -0.4 is 21.0 Å². The van der Waals surface area contributed by atoms with Gasteiger partial charge >= 0.3 is 19.4 Å². The summed E-state index contributed by atoms with van der Waals surface area (Å²) in [6, 6.07) is 11.1. The third-order valence-corrected chi connectivity index (χ3v) is 8.01. The summed E-state index contributed by atoms with van der Waals surface area (Å²) in [6.07, 6.45) is -4.44. The average Bonchev–Trinajstić information content (AvgIpc) is 3.13. The third kappa shape index (κ3) is 6.58. The zero-order chi connectivity index (χ0) is 30.1. The third-order valence-electron chi connectivity index (χ3n) is 6.38. The number of halogens is 1. The summed E-state index contributed by atoms with van der Waals surface area (Å²) >= 11 is 0. The summed E-state index contributed by atoms with van der Waals surface area (Å²) < 4.78 is 51.1. The second kappa shape index (κ2) is 11.8. The topological polar surface area (TPSA) is 184 Å². The van der Waals surface area contributed by atoms with E-state index < -0.39 is 73.8 Å². The van der Waals surface area contributed by atoms with E-state index in [9.17, 15) is 28.8 Å². The summed E-state index contributed by atoms with van der Waals surface area (Å²) in [5.41, 5.74) is 2.16. The highest BCUT2D eigenvalue weighted by Crippen LogP contribution is 2.48. The van der Waals surface area contributed by atoms with Gasteiger partial charge in [-0.15, -0.1) is 0 Å². The number of carbonyl (C=O) groups excluding carboxylic acids is 1. The van der Waals surface area contributed by atoms with Gasteiger partial charge in [0.15, 0.2) is 17.9 Å². The minimum atomic E-state index is -4.42. The number of anilines is 1. The van der Waals surface area contributed by atoms with Crippen LogP contribution in [0, 0.1) is 5.82 Å². The SMILES string of the molecule is CC(C)OC(=O)[C@@H](C)NP(=O)(OC[C@H]1OC(n2cc(F)c(N)nc2=O)[C@](C)(O)[C@@H]1O)Oc1cccc2ccccc12. The molecule has 2 unspecified atom stereocenters. The first-order valence-corrected chi connectivity index (χ1v) is 14.3. The number of fused-ring (bicyclic) bond motifs is 1. The lowest BCUT2D eigenvalue weighted by Crippen LogP contribution is -2.46. The van der Waals surface area contributed by atoms with E-state index in [-0.39, 0.29) is 5.75 Å². The summed E-state index contributed by atoms with van der Waals surface area (Å²) in [7, 11) is -4.42. The lowest BCUT2D eigenvalue weighted by Gasteiger charge is -2.27. The van der Waals surface area contributed by atoms with Gasteiger partial charge < -0.3 is 29.9 Å². The van der Waals surface area contributed by atoms with Gasteiger partial charge in [0.05, 0.1) is 18.9 Å². The van der Waals surface area contributed by atoms with Crippen LogP contribution in [-0.4, -0.2) is 62.3 Å². The molecule has 15 heteroatoms. The number of esters is 1. The zero-order valence-electron chi connectivity index (χ0n) is 22.8. The van der Waals surface area contributed by atoms with Crippen molar-refractivity contribution in [2.24, 2.45) is 0 Å². The molecule has 0 spiro atoms. The number of ether oxygens (including phenoxy) is 2. The quantitative estimate of drug-likeness (QED) is 0.199. The van der Waals surface area contributed by atoms with E-state index in [0.717, 1.165) is 12.3 Å². The number of benzene rings is 2. The molecular weight excluding hydrogens is 562 g/mol. The van der Waals surface area contributed by atoms with Gasteiger partial charge in [0, 0.05) is 5.39 Å². The summed E-state index contributed by atoms with van der Waals surface area (Å²) in [5, 5.41) is 25.7. The second-order valence-electron chi connectivity index (χ2n) is 10.1. The number of nitrogen functional groups attached to an aromatic ring is 1. The Hall–Kier alpha value is -3.39. The fraction of sp³-hybridized carbons (Fsp3) is 0.423. The van der Waals surface area contributed by atoms with Crippen molar-refractivity contribution in [3.05, 3.63) is 65.0 Å². The molecule has 0 saturated carbocycles. The molecule has 1 fully saturated rings. The molecule has 2 aromatic carbocycles. The Morgan fingerprint density at radius 1 is 1.27 bits per heavy atom. The van der Waals surface area contributed by atoms with E-state index in [1.54, 1.807) is 38.1 Å². The molecule has 222 valence electrons. The molecule has 1 saturated heterocycles. The fourth-order valence-electron chi connectivity index (χ4n) is 4.29. The van der Waals surface area contributed by atoms with Crippen LogP contribution in [0.5, 0.6) is 5.75 Å². The molecule has 41 heavy (non-hydrogen) atoms. The summed E-state index contributed by atoms with van der Waals surface area (Å²) in [5.74, 6) is -2.23. The maximum Gasteiger partial charge on any atom is 0.459 e. The van der Waals surface area contributed by atoms with Gasteiger partial charge in [0.1, 0.15) is 29.6 Å². The molecular formula is C26H32FN4O9P. The molecule has 4 rings (SSSR count). The number of nitrogens with one attached hydrogen (secondary N) is 1. The van der Waals surface area contributed by atoms with E-state index in [2.05, 4.69) is 10.1 Å². The van der Waals surface area contributed by atoms with Crippen LogP contribution >= 0.6 is 7.75 Å². The number of aliphatic hydroxyl groups excluding tert-OH is 1. The van der Waals surface area contributed by atoms with Crippen LogP contribution in [0.2, 0.25) is 0 Å². The summed E-state index contributed by atoms with van der Waals surface area (Å²) in [6.45, 7) is 5.24. The van der Waals surface area contributed by atoms with E-state index in [4.69, 9.17) is 24.3 Å². The number of hydrogen-bond donors (Lipinski definition) is 4. The van der Waals surface area contributed by atoms with Crippen LogP contribution in [0.15, 0.2) is 53.5 Å². The van der Waals surface area contributed by atoms with Gasteiger partial charge in [-0.2, -0.15) is 10.1 Å². The maximum atomic E-state index is 14.1. The van der Waals surface area contributed by atoms with Gasteiger partial charge in [0.2, 0.25) is 0 Å². The van der Waals surface area contributed by atoms with E-state index in [0.29, 0.717) is 16.2 Å². The normalized spacial score (nSPS) is 24.7. The van der Waals surface area contributed by atoms with Crippen molar-refractivity contribution in [2.45, 2.75) is 63.9 Å². The van der Waals surface area contributed by atoms with Crippen molar-refractivity contribution in [1.82, 2.24) is 14.6 Å². The largest absolute Gasteiger partial charge is 0.462 e. The van der Waals surface area contributed by atoms with Gasteiger partial charge in [-0.25, -0.2) is 13.8 Å². The van der Waals surface area contributed by atoms with Crippen molar-refractivity contribution in [2.75, 3.05) is 12.3 Å². The number of nitrogens with two attached hydrogens (primary N) is 1. The Labute approximate surface area is 234 Å². The van der Waals surface area contributed by atoms with Gasteiger partial charge in [0.25, 0.3) is 0 Å². The van der Waals surface area contributed by atoms with Crippen LogP contribution in [0.4, 0.5) is 10.2 Å². The summed E-state index contributed by atoms with van der Waals surface area (Å²) in [4.78, 5) is 28.2. The highest BCUT2D eigenvalue weighted by molar-refractivity contribution is 7.52. The Morgan fingerprint density at radius 3 is 2.66 bits per heavy atom. The molecule has 2 heterocycles. The highest BCUT2D eigenvalue weighted by Gasteiger charge is 2.54. The second-order valence-corrected chi connectivity index (χ2v) is 11.8. The zero-order valence-corrected chi connectivity index (χ0v) is 23.7. The average molecular weight is 595 g/mol. The Morgan fingerprint density at radius 2 is 1.95 bits per heavy atom. The maximum absolute atomic E-state index is 14.1. The molecule has 5 N–H and O–H groups in total. The molecule has 1 aliphatic heterocycles. The van der Waals surface area contributed by atoms with E-state index in [1.165, 1.54) is 6.92 Å². The Kier molecular flexibility index (Phi) is 8.83. The number of hydrogen-bond acceptors (Lipinski definition) is 11. The molecule has 3 aromatic rings. The van der Waals surface area contributed by atoms with Crippen LogP contribution in [0.25, 0.3) is 10.8 Å². The first-order chi connectivity index (χ1) is 19.2. The standard InChI is InChI=1S/C26H32FN4O9P/c1-14(2)38-23(33)15(3)30-41(36,40-19-11-7-9-16-8-5-6-10-17(16)19)37-13-20-21(32)26(4,35)24(39-20)31-12-18(27)22(28)29-25(31)34/h5-12,14-15,20-21,24,32,35H,13H2,1-4H3,(H,30,36)(H2,28,29,34)/t15-,20-,21-,24?,26-,41?/m1/s1. The fourth-order valence-corrected chi connectivity index (χ4v) is 5.82. The lowest BCUT2D eigenvalue weighted by atomic mass is 9.96. The number of aliphatic hydroxyl groups is 2. The van der Waals surface area contributed by atoms with Crippen molar-refractivity contribution in [3.63, 3.8) is 0 Å².